The third-order valence-electron chi connectivity index (χ3n) is 3.90. The lowest BCUT2D eigenvalue weighted by Gasteiger charge is -2.32. The van der Waals surface area contributed by atoms with E-state index in [2.05, 4.69) is 5.32 Å². The number of carboxylic acid groups (broad SMARTS) is 1. The van der Waals surface area contributed by atoms with Crippen LogP contribution in [0.1, 0.15) is 51.4 Å². The molecule has 5 nitrogen and oxygen atoms in total. The normalized spacial score (nSPS) is 26.1. The summed E-state index contributed by atoms with van der Waals surface area (Å²) in [6, 6.07) is 0.0596. The number of rotatable bonds is 4. The van der Waals surface area contributed by atoms with Crippen molar-refractivity contribution in [3.05, 3.63) is 0 Å². The Labute approximate surface area is 107 Å². The molecule has 2 rings (SSSR count). The third-order valence-corrected chi connectivity index (χ3v) is 3.90. The van der Waals surface area contributed by atoms with E-state index in [0.717, 1.165) is 19.3 Å². The van der Waals surface area contributed by atoms with Gasteiger partial charge in [0.1, 0.15) is 0 Å². The molecule has 1 heterocycles. The van der Waals surface area contributed by atoms with Crippen LogP contribution >= 0.6 is 0 Å². The SMILES string of the molecule is O=C(O)CCC(=O)N[C@H]1COC2(CCCCC2)C1. The van der Waals surface area contributed by atoms with E-state index in [0.29, 0.717) is 6.61 Å². The van der Waals surface area contributed by atoms with E-state index in [1.54, 1.807) is 0 Å². The number of hydrogen-bond donors (Lipinski definition) is 2. The van der Waals surface area contributed by atoms with Crippen LogP contribution in [-0.2, 0) is 14.3 Å². The fraction of sp³-hybridized carbons (Fsp3) is 0.846. The Hall–Kier alpha value is -1.10. The van der Waals surface area contributed by atoms with Gasteiger partial charge in [0, 0.05) is 6.42 Å². The summed E-state index contributed by atoms with van der Waals surface area (Å²) < 4.78 is 5.89. The van der Waals surface area contributed by atoms with Gasteiger partial charge in [-0.1, -0.05) is 19.3 Å². The first-order valence-electron chi connectivity index (χ1n) is 6.75. The molecule has 1 amide bonds. The molecule has 1 aliphatic heterocycles. The van der Waals surface area contributed by atoms with Gasteiger partial charge in [0.25, 0.3) is 0 Å². The van der Waals surface area contributed by atoms with Crippen molar-refractivity contribution in [2.75, 3.05) is 6.61 Å². The standard InChI is InChI=1S/C13H21NO4/c15-11(4-5-12(16)17)14-10-8-13(18-9-10)6-2-1-3-7-13/h10H,1-9H2,(H,14,15)(H,16,17)/t10-/m1/s1. The second-order valence-electron chi connectivity index (χ2n) is 5.42. The summed E-state index contributed by atoms with van der Waals surface area (Å²) in [7, 11) is 0. The van der Waals surface area contributed by atoms with Crippen molar-refractivity contribution in [2.45, 2.75) is 63.0 Å². The average Bonchev–Trinajstić information content (AvgIpc) is 2.70. The number of carbonyl (C=O) groups is 2. The highest BCUT2D eigenvalue weighted by molar-refractivity contribution is 5.80. The molecule has 0 bridgehead atoms. The number of ether oxygens (including phenoxy) is 1. The molecule has 5 heteroatoms. The lowest BCUT2D eigenvalue weighted by molar-refractivity contribution is -0.138. The fourth-order valence-electron chi connectivity index (χ4n) is 3.00. The molecule has 102 valence electrons. The van der Waals surface area contributed by atoms with E-state index in [9.17, 15) is 9.59 Å². The summed E-state index contributed by atoms with van der Waals surface area (Å²) >= 11 is 0. The first kappa shape index (κ1) is 13.3. The van der Waals surface area contributed by atoms with Crippen LogP contribution in [0.3, 0.4) is 0 Å². The van der Waals surface area contributed by atoms with Crippen LogP contribution < -0.4 is 5.32 Å². The van der Waals surface area contributed by atoms with Gasteiger partial charge >= 0.3 is 5.97 Å². The highest BCUT2D eigenvalue weighted by Crippen LogP contribution is 2.39. The van der Waals surface area contributed by atoms with Gasteiger partial charge in [-0.15, -0.1) is 0 Å². The fourth-order valence-corrected chi connectivity index (χ4v) is 3.00. The number of hydrogen-bond acceptors (Lipinski definition) is 3. The van der Waals surface area contributed by atoms with Crippen LogP contribution in [0, 0.1) is 0 Å². The summed E-state index contributed by atoms with van der Waals surface area (Å²) in [5, 5.41) is 11.4. The van der Waals surface area contributed by atoms with E-state index in [1.807, 2.05) is 0 Å². The molecular formula is C13H21NO4. The minimum atomic E-state index is -0.934. The predicted molar refractivity (Wildman–Crippen MR) is 65.2 cm³/mol. The number of amides is 1. The van der Waals surface area contributed by atoms with E-state index in [1.165, 1.54) is 19.3 Å². The van der Waals surface area contributed by atoms with E-state index >= 15 is 0 Å². The monoisotopic (exact) mass is 255 g/mol. The number of nitrogens with one attached hydrogen (secondary N) is 1. The Kier molecular flexibility index (Phi) is 4.22. The van der Waals surface area contributed by atoms with Crippen molar-refractivity contribution in [1.82, 2.24) is 5.32 Å². The molecule has 0 aromatic heterocycles. The van der Waals surface area contributed by atoms with Crippen molar-refractivity contribution < 1.29 is 19.4 Å². The van der Waals surface area contributed by atoms with Crippen molar-refractivity contribution in [3.8, 4) is 0 Å². The lowest BCUT2D eigenvalue weighted by Crippen LogP contribution is -2.37. The van der Waals surface area contributed by atoms with Gasteiger partial charge in [-0.3, -0.25) is 9.59 Å². The van der Waals surface area contributed by atoms with Crippen LogP contribution in [0.5, 0.6) is 0 Å². The highest BCUT2D eigenvalue weighted by Gasteiger charge is 2.41. The lowest BCUT2D eigenvalue weighted by atomic mass is 9.82. The minimum Gasteiger partial charge on any atom is -0.481 e. The summed E-state index contributed by atoms with van der Waals surface area (Å²) in [5.41, 5.74) is -0.0109. The second-order valence-corrected chi connectivity index (χ2v) is 5.42. The molecule has 0 unspecified atom stereocenters. The van der Waals surface area contributed by atoms with E-state index in [-0.39, 0.29) is 30.4 Å². The molecule has 2 N–H and O–H groups in total. The van der Waals surface area contributed by atoms with Gasteiger partial charge in [-0.05, 0) is 19.3 Å². The summed E-state index contributed by atoms with van der Waals surface area (Å²) in [5.74, 6) is -1.12. The van der Waals surface area contributed by atoms with Crippen molar-refractivity contribution in [3.63, 3.8) is 0 Å². The molecule has 2 fully saturated rings. The first-order valence-corrected chi connectivity index (χ1v) is 6.75. The number of carbonyl (C=O) groups excluding carboxylic acids is 1. The summed E-state index contributed by atoms with van der Waals surface area (Å²) in [6.45, 7) is 0.568. The smallest absolute Gasteiger partial charge is 0.303 e. The zero-order valence-electron chi connectivity index (χ0n) is 10.6. The Morgan fingerprint density at radius 2 is 1.94 bits per heavy atom. The summed E-state index contributed by atoms with van der Waals surface area (Å²) in [6.07, 6.45) is 6.71. The van der Waals surface area contributed by atoms with Crippen molar-refractivity contribution in [2.24, 2.45) is 0 Å². The topological polar surface area (TPSA) is 75.6 Å². The van der Waals surface area contributed by atoms with Gasteiger partial charge in [-0.2, -0.15) is 0 Å². The average molecular weight is 255 g/mol. The van der Waals surface area contributed by atoms with Crippen LogP contribution in [0.4, 0.5) is 0 Å². The van der Waals surface area contributed by atoms with E-state index in [4.69, 9.17) is 9.84 Å². The zero-order chi connectivity index (χ0) is 13.0. The molecule has 0 radical (unpaired) electrons. The van der Waals surface area contributed by atoms with Gasteiger partial charge in [0.2, 0.25) is 5.91 Å². The Morgan fingerprint density at radius 1 is 1.22 bits per heavy atom. The maximum absolute atomic E-state index is 11.5. The maximum atomic E-state index is 11.5. The molecule has 0 aromatic rings. The van der Waals surface area contributed by atoms with Crippen LogP contribution in [-0.4, -0.2) is 35.2 Å². The van der Waals surface area contributed by atoms with Crippen molar-refractivity contribution in [1.29, 1.82) is 0 Å². The molecule has 1 spiro atoms. The van der Waals surface area contributed by atoms with Crippen molar-refractivity contribution >= 4 is 11.9 Å². The number of aliphatic carboxylic acids is 1. The quantitative estimate of drug-likeness (QED) is 0.797. The van der Waals surface area contributed by atoms with Crippen LogP contribution in [0.25, 0.3) is 0 Å². The van der Waals surface area contributed by atoms with Crippen LogP contribution in [0.2, 0.25) is 0 Å². The molecule has 1 saturated carbocycles. The molecular weight excluding hydrogens is 234 g/mol. The van der Waals surface area contributed by atoms with Gasteiger partial charge in [0.15, 0.2) is 0 Å². The van der Waals surface area contributed by atoms with Gasteiger partial charge in [0.05, 0.1) is 24.7 Å². The Balaban J connectivity index is 1.75. The molecule has 0 aromatic carbocycles. The molecule has 1 atom stereocenters. The second kappa shape index (κ2) is 5.69. The van der Waals surface area contributed by atoms with Gasteiger partial charge in [-0.25, -0.2) is 0 Å². The molecule has 1 saturated heterocycles. The molecule has 1 aliphatic carbocycles. The third kappa shape index (κ3) is 3.45. The largest absolute Gasteiger partial charge is 0.481 e. The molecule has 18 heavy (non-hydrogen) atoms. The summed E-state index contributed by atoms with van der Waals surface area (Å²) in [4.78, 5) is 21.9. The van der Waals surface area contributed by atoms with Crippen LogP contribution in [0.15, 0.2) is 0 Å². The Bertz CT molecular complexity index is 323. The molecule has 2 aliphatic rings. The maximum Gasteiger partial charge on any atom is 0.303 e. The first-order chi connectivity index (χ1) is 8.60. The predicted octanol–water partition coefficient (Wildman–Crippen LogP) is 1.46. The van der Waals surface area contributed by atoms with E-state index < -0.39 is 5.97 Å². The van der Waals surface area contributed by atoms with Gasteiger partial charge < -0.3 is 15.2 Å². The number of carboxylic acids is 1. The zero-order valence-corrected chi connectivity index (χ0v) is 10.6. The minimum absolute atomic E-state index is 0.0109. The highest BCUT2D eigenvalue weighted by atomic mass is 16.5. The Morgan fingerprint density at radius 3 is 2.61 bits per heavy atom.